The predicted molar refractivity (Wildman–Crippen MR) is 74.8 cm³/mol. The van der Waals surface area contributed by atoms with Crippen LogP contribution in [0.2, 0.25) is 0 Å². The van der Waals surface area contributed by atoms with Crippen LogP contribution in [0.1, 0.15) is 45.0 Å². The van der Waals surface area contributed by atoms with Gasteiger partial charge in [0, 0.05) is 11.5 Å². The first-order valence-corrected chi connectivity index (χ1v) is 7.48. The van der Waals surface area contributed by atoms with Crippen molar-refractivity contribution >= 4 is 0 Å². The highest BCUT2D eigenvalue weighted by molar-refractivity contribution is 5.44. The third kappa shape index (κ3) is 2.63. The van der Waals surface area contributed by atoms with Crippen LogP contribution in [0.4, 0.5) is 0 Å². The van der Waals surface area contributed by atoms with E-state index < -0.39 is 0 Å². The fraction of sp³-hybridized carbons (Fsp3) is 0.625. The van der Waals surface area contributed by atoms with Gasteiger partial charge in [0.1, 0.15) is 0 Å². The first-order valence-electron chi connectivity index (χ1n) is 7.48. The number of benzene rings is 1. The Morgan fingerprint density at radius 3 is 2.80 bits per heavy atom. The SMILES string of the molecule is CCC[C@@H]1O[C@@H](c2ccc3c(c2)OCO3)OC[C@H]1CC. The quantitative estimate of drug-likeness (QED) is 0.842. The fourth-order valence-corrected chi connectivity index (χ4v) is 2.83. The molecule has 0 saturated carbocycles. The second-order valence-corrected chi connectivity index (χ2v) is 5.41. The molecule has 110 valence electrons. The Bertz CT molecular complexity index is 460. The van der Waals surface area contributed by atoms with Gasteiger partial charge in [-0.2, -0.15) is 0 Å². The van der Waals surface area contributed by atoms with Crippen molar-refractivity contribution in [3.05, 3.63) is 23.8 Å². The van der Waals surface area contributed by atoms with Gasteiger partial charge >= 0.3 is 0 Å². The van der Waals surface area contributed by atoms with Crippen LogP contribution in [0, 0.1) is 5.92 Å². The Kier molecular flexibility index (Phi) is 4.13. The average molecular weight is 278 g/mol. The van der Waals surface area contributed by atoms with Crippen LogP contribution in [-0.4, -0.2) is 19.5 Å². The van der Waals surface area contributed by atoms with Gasteiger partial charge in [0.15, 0.2) is 17.8 Å². The lowest BCUT2D eigenvalue weighted by atomic mass is 9.95. The van der Waals surface area contributed by atoms with Crippen LogP contribution >= 0.6 is 0 Å². The van der Waals surface area contributed by atoms with Crippen molar-refractivity contribution in [2.24, 2.45) is 5.92 Å². The van der Waals surface area contributed by atoms with Crippen molar-refractivity contribution in [1.82, 2.24) is 0 Å². The minimum atomic E-state index is -0.288. The normalized spacial score (nSPS) is 28.6. The van der Waals surface area contributed by atoms with Gasteiger partial charge in [-0.3, -0.25) is 0 Å². The summed E-state index contributed by atoms with van der Waals surface area (Å²) in [4.78, 5) is 0. The summed E-state index contributed by atoms with van der Waals surface area (Å²) in [6.45, 7) is 5.45. The van der Waals surface area contributed by atoms with Gasteiger partial charge in [-0.15, -0.1) is 0 Å². The van der Waals surface area contributed by atoms with E-state index in [9.17, 15) is 0 Å². The average Bonchev–Trinajstić information content (AvgIpc) is 2.95. The van der Waals surface area contributed by atoms with E-state index in [4.69, 9.17) is 18.9 Å². The van der Waals surface area contributed by atoms with Gasteiger partial charge in [-0.25, -0.2) is 0 Å². The summed E-state index contributed by atoms with van der Waals surface area (Å²) < 4.78 is 22.8. The Balaban J connectivity index is 1.74. The highest BCUT2D eigenvalue weighted by Gasteiger charge is 2.31. The van der Waals surface area contributed by atoms with Crippen LogP contribution < -0.4 is 9.47 Å². The molecule has 0 spiro atoms. The zero-order chi connectivity index (χ0) is 13.9. The van der Waals surface area contributed by atoms with Crippen molar-refractivity contribution in [1.29, 1.82) is 0 Å². The Hall–Kier alpha value is -1.26. The summed E-state index contributed by atoms with van der Waals surface area (Å²) in [5.74, 6) is 2.07. The molecule has 1 fully saturated rings. The van der Waals surface area contributed by atoms with Crippen LogP contribution in [-0.2, 0) is 9.47 Å². The molecule has 0 amide bonds. The first-order chi connectivity index (χ1) is 9.81. The summed E-state index contributed by atoms with van der Waals surface area (Å²) in [6, 6.07) is 5.88. The summed E-state index contributed by atoms with van der Waals surface area (Å²) in [5.41, 5.74) is 1.00. The maximum atomic E-state index is 6.16. The number of hydrogen-bond acceptors (Lipinski definition) is 4. The molecular weight excluding hydrogens is 256 g/mol. The lowest BCUT2D eigenvalue weighted by Gasteiger charge is -2.36. The smallest absolute Gasteiger partial charge is 0.231 e. The van der Waals surface area contributed by atoms with Crippen LogP contribution in [0.15, 0.2) is 18.2 Å². The standard InChI is InChI=1S/C16H22O4/c1-3-5-13-11(4-2)9-17-16(20-13)12-6-7-14-15(8-12)19-10-18-14/h6-8,11,13,16H,3-5,9-10H2,1-2H3/t11-,13+,16+/m1/s1. The molecular formula is C16H22O4. The maximum absolute atomic E-state index is 6.16. The van der Waals surface area contributed by atoms with Crippen molar-refractivity contribution in [3.8, 4) is 11.5 Å². The minimum absolute atomic E-state index is 0.286. The first kappa shape index (κ1) is 13.7. The van der Waals surface area contributed by atoms with Crippen molar-refractivity contribution < 1.29 is 18.9 Å². The molecule has 3 rings (SSSR count). The molecule has 20 heavy (non-hydrogen) atoms. The molecule has 0 bridgehead atoms. The van der Waals surface area contributed by atoms with Gasteiger partial charge in [-0.1, -0.05) is 20.3 Å². The number of rotatable bonds is 4. The topological polar surface area (TPSA) is 36.9 Å². The van der Waals surface area contributed by atoms with Gasteiger partial charge in [0.2, 0.25) is 6.79 Å². The predicted octanol–water partition coefficient (Wildman–Crippen LogP) is 3.66. The molecule has 0 N–H and O–H groups in total. The summed E-state index contributed by atoms with van der Waals surface area (Å²) in [6.07, 6.45) is 3.31. The number of fused-ring (bicyclic) bond motifs is 1. The summed E-state index contributed by atoms with van der Waals surface area (Å²) >= 11 is 0. The molecule has 1 aromatic carbocycles. The molecule has 0 aliphatic carbocycles. The molecule has 4 nitrogen and oxygen atoms in total. The largest absolute Gasteiger partial charge is 0.454 e. The molecule has 2 heterocycles. The van der Waals surface area contributed by atoms with Crippen LogP contribution in [0.25, 0.3) is 0 Å². The van der Waals surface area contributed by atoms with E-state index in [1.165, 1.54) is 0 Å². The minimum Gasteiger partial charge on any atom is -0.454 e. The Morgan fingerprint density at radius 2 is 2.00 bits per heavy atom. The number of hydrogen-bond donors (Lipinski definition) is 0. The fourth-order valence-electron chi connectivity index (χ4n) is 2.83. The summed E-state index contributed by atoms with van der Waals surface area (Å²) in [7, 11) is 0. The second-order valence-electron chi connectivity index (χ2n) is 5.41. The van der Waals surface area contributed by atoms with E-state index >= 15 is 0 Å². The summed E-state index contributed by atoms with van der Waals surface area (Å²) in [5, 5.41) is 0. The molecule has 0 unspecified atom stereocenters. The van der Waals surface area contributed by atoms with E-state index in [0.717, 1.165) is 42.9 Å². The van der Waals surface area contributed by atoms with Gasteiger partial charge in [-0.05, 0) is 31.0 Å². The zero-order valence-electron chi connectivity index (χ0n) is 12.1. The van der Waals surface area contributed by atoms with E-state index in [1.807, 2.05) is 18.2 Å². The second kappa shape index (κ2) is 6.02. The Labute approximate surface area is 120 Å². The van der Waals surface area contributed by atoms with E-state index in [2.05, 4.69) is 13.8 Å². The third-order valence-electron chi connectivity index (χ3n) is 4.05. The van der Waals surface area contributed by atoms with Gasteiger partial charge in [0.05, 0.1) is 12.7 Å². The van der Waals surface area contributed by atoms with Crippen molar-refractivity contribution in [2.75, 3.05) is 13.4 Å². The molecule has 1 saturated heterocycles. The van der Waals surface area contributed by atoms with Crippen LogP contribution in [0.5, 0.6) is 11.5 Å². The number of ether oxygens (including phenoxy) is 4. The highest BCUT2D eigenvalue weighted by atomic mass is 16.7. The van der Waals surface area contributed by atoms with E-state index in [0.29, 0.717) is 12.7 Å². The van der Waals surface area contributed by atoms with Crippen molar-refractivity contribution in [2.45, 2.75) is 45.5 Å². The monoisotopic (exact) mass is 278 g/mol. The molecule has 0 radical (unpaired) electrons. The Morgan fingerprint density at radius 1 is 1.15 bits per heavy atom. The van der Waals surface area contributed by atoms with E-state index in [-0.39, 0.29) is 12.4 Å². The molecule has 3 atom stereocenters. The lowest BCUT2D eigenvalue weighted by Crippen LogP contribution is -2.35. The molecule has 0 aromatic heterocycles. The van der Waals surface area contributed by atoms with Gasteiger partial charge < -0.3 is 18.9 Å². The highest BCUT2D eigenvalue weighted by Crippen LogP contribution is 2.38. The van der Waals surface area contributed by atoms with E-state index in [1.54, 1.807) is 0 Å². The molecule has 2 aliphatic rings. The third-order valence-corrected chi connectivity index (χ3v) is 4.05. The van der Waals surface area contributed by atoms with Gasteiger partial charge in [0.25, 0.3) is 0 Å². The molecule has 4 heteroatoms. The maximum Gasteiger partial charge on any atom is 0.231 e. The molecule has 2 aliphatic heterocycles. The lowest BCUT2D eigenvalue weighted by molar-refractivity contribution is -0.243. The molecule has 1 aromatic rings. The van der Waals surface area contributed by atoms with Crippen molar-refractivity contribution in [3.63, 3.8) is 0 Å². The van der Waals surface area contributed by atoms with Crippen LogP contribution in [0.3, 0.4) is 0 Å². The zero-order valence-corrected chi connectivity index (χ0v) is 12.1.